The van der Waals surface area contributed by atoms with Crippen LogP contribution in [0.15, 0.2) is 54.6 Å². The van der Waals surface area contributed by atoms with E-state index >= 15 is 0 Å². The number of piperidine rings is 1. The van der Waals surface area contributed by atoms with Gasteiger partial charge in [0.15, 0.2) is 0 Å². The van der Waals surface area contributed by atoms with Gasteiger partial charge in [-0.3, -0.25) is 0 Å². The first-order valence-electron chi connectivity index (χ1n) is 9.56. The molecule has 2 aromatic carbocycles. The molecule has 25 heavy (non-hydrogen) atoms. The molecule has 1 N–H and O–H groups in total. The Kier molecular flexibility index (Phi) is 5.32. The number of alkyl halides is 1. The van der Waals surface area contributed by atoms with Crippen LogP contribution in [0.1, 0.15) is 36.8 Å². The molecule has 1 fully saturated rings. The standard InChI is InChI=1S/C22H27IN2/c23-22(12-6-7-14-24-22)13-15-25(20-10-2-1-3-11-20)21-16-18-8-4-5-9-19(18)17-21/h1-5,8-11,21,24H,6-7,12-17H2/t22-/m1/s1. The van der Waals surface area contributed by atoms with Gasteiger partial charge in [0.2, 0.25) is 0 Å². The highest BCUT2D eigenvalue weighted by Crippen LogP contribution is 2.33. The molecule has 0 saturated carbocycles. The largest absolute Gasteiger partial charge is 0.368 e. The SMILES string of the molecule is I[C@]1(CCN(c2ccccc2)C2Cc3ccccc3C2)CCCCN1. The van der Waals surface area contributed by atoms with Crippen LogP contribution in [-0.2, 0) is 12.8 Å². The fourth-order valence-corrected chi connectivity index (χ4v) is 5.23. The number of nitrogens with one attached hydrogen (secondary N) is 1. The Hall–Kier alpha value is -1.07. The second-order valence-corrected chi connectivity index (χ2v) is 9.52. The molecule has 0 unspecified atom stereocenters. The van der Waals surface area contributed by atoms with E-state index in [1.807, 2.05) is 0 Å². The van der Waals surface area contributed by atoms with Crippen molar-refractivity contribution in [3.8, 4) is 0 Å². The zero-order valence-corrected chi connectivity index (χ0v) is 16.9. The number of rotatable bonds is 5. The third kappa shape index (κ3) is 4.03. The van der Waals surface area contributed by atoms with E-state index in [0.29, 0.717) is 6.04 Å². The Morgan fingerprint density at radius 3 is 2.28 bits per heavy atom. The summed E-state index contributed by atoms with van der Waals surface area (Å²) in [4.78, 5) is 2.66. The zero-order valence-electron chi connectivity index (χ0n) is 14.8. The highest BCUT2D eigenvalue weighted by Gasteiger charge is 2.32. The van der Waals surface area contributed by atoms with E-state index in [9.17, 15) is 0 Å². The number of halogens is 1. The van der Waals surface area contributed by atoms with Crippen LogP contribution < -0.4 is 10.2 Å². The van der Waals surface area contributed by atoms with Crippen molar-refractivity contribution in [2.24, 2.45) is 0 Å². The Morgan fingerprint density at radius 1 is 0.960 bits per heavy atom. The Morgan fingerprint density at radius 2 is 1.64 bits per heavy atom. The Balaban J connectivity index is 1.52. The first kappa shape index (κ1) is 17.3. The summed E-state index contributed by atoms with van der Waals surface area (Å²) in [6.45, 7) is 2.29. The molecule has 1 atom stereocenters. The van der Waals surface area contributed by atoms with Gasteiger partial charge in [0.25, 0.3) is 0 Å². The maximum atomic E-state index is 3.77. The van der Waals surface area contributed by atoms with Crippen LogP contribution in [0.3, 0.4) is 0 Å². The van der Waals surface area contributed by atoms with E-state index in [4.69, 9.17) is 0 Å². The van der Waals surface area contributed by atoms with Gasteiger partial charge in [-0.25, -0.2) is 0 Å². The highest BCUT2D eigenvalue weighted by molar-refractivity contribution is 14.1. The van der Waals surface area contributed by atoms with Crippen LogP contribution in [0.5, 0.6) is 0 Å². The van der Waals surface area contributed by atoms with Gasteiger partial charge in [-0.2, -0.15) is 0 Å². The lowest BCUT2D eigenvalue weighted by molar-refractivity contribution is 0.362. The monoisotopic (exact) mass is 446 g/mol. The topological polar surface area (TPSA) is 15.3 Å². The predicted molar refractivity (Wildman–Crippen MR) is 115 cm³/mol. The normalized spacial score (nSPS) is 23.4. The number of hydrogen-bond acceptors (Lipinski definition) is 2. The van der Waals surface area contributed by atoms with Crippen molar-refractivity contribution in [1.29, 1.82) is 0 Å². The minimum Gasteiger partial charge on any atom is -0.368 e. The van der Waals surface area contributed by atoms with E-state index in [0.717, 1.165) is 6.54 Å². The van der Waals surface area contributed by atoms with Crippen LogP contribution in [0.2, 0.25) is 0 Å². The van der Waals surface area contributed by atoms with Crippen LogP contribution >= 0.6 is 22.6 Å². The maximum absolute atomic E-state index is 3.77. The molecule has 1 aliphatic heterocycles. The van der Waals surface area contributed by atoms with Crippen molar-refractivity contribution in [3.05, 3.63) is 65.7 Å². The molecule has 2 nitrogen and oxygen atoms in total. The molecular formula is C22H27IN2. The van der Waals surface area contributed by atoms with E-state index in [-0.39, 0.29) is 3.55 Å². The molecular weight excluding hydrogens is 419 g/mol. The molecule has 1 heterocycles. The van der Waals surface area contributed by atoms with Crippen molar-refractivity contribution in [3.63, 3.8) is 0 Å². The van der Waals surface area contributed by atoms with Gasteiger partial charge in [-0.15, -0.1) is 0 Å². The van der Waals surface area contributed by atoms with Crippen LogP contribution in [0, 0.1) is 0 Å². The van der Waals surface area contributed by atoms with Gasteiger partial charge < -0.3 is 10.2 Å². The summed E-state index contributed by atoms with van der Waals surface area (Å²) in [6, 6.07) is 20.6. The summed E-state index contributed by atoms with van der Waals surface area (Å²) in [6.07, 6.45) is 7.52. The molecule has 0 amide bonds. The molecule has 2 aromatic rings. The summed E-state index contributed by atoms with van der Waals surface area (Å²) in [5.74, 6) is 0. The number of nitrogens with zero attached hydrogens (tertiary/aromatic N) is 1. The summed E-state index contributed by atoms with van der Waals surface area (Å²) in [5.41, 5.74) is 4.44. The molecule has 2 aliphatic rings. The van der Waals surface area contributed by atoms with Gasteiger partial charge in [0.1, 0.15) is 0 Å². The van der Waals surface area contributed by atoms with Crippen LogP contribution in [0.4, 0.5) is 5.69 Å². The molecule has 132 valence electrons. The molecule has 0 bridgehead atoms. The van der Waals surface area contributed by atoms with Crippen LogP contribution in [0.25, 0.3) is 0 Å². The summed E-state index contributed by atoms with van der Waals surface area (Å²) in [5, 5.41) is 3.77. The number of anilines is 1. The number of benzene rings is 2. The molecule has 0 spiro atoms. The second-order valence-electron chi connectivity index (χ2n) is 7.46. The highest BCUT2D eigenvalue weighted by atomic mass is 127. The molecule has 0 aromatic heterocycles. The minimum absolute atomic E-state index is 0.272. The quantitative estimate of drug-likeness (QED) is 0.397. The lowest BCUT2D eigenvalue weighted by Gasteiger charge is -2.38. The second kappa shape index (κ2) is 7.67. The average Bonchev–Trinajstić information content (AvgIpc) is 3.07. The minimum atomic E-state index is 0.272. The Labute approximate surface area is 165 Å². The first-order chi connectivity index (χ1) is 12.2. The van der Waals surface area contributed by atoms with Gasteiger partial charge in [0, 0.05) is 18.3 Å². The van der Waals surface area contributed by atoms with Crippen molar-refractivity contribution in [2.75, 3.05) is 18.0 Å². The zero-order chi connectivity index (χ0) is 17.1. The number of hydrogen-bond donors (Lipinski definition) is 1. The third-order valence-corrected chi connectivity index (χ3v) is 7.21. The van der Waals surface area contributed by atoms with Crippen molar-refractivity contribution in [1.82, 2.24) is 5.32 Å². The average molecular weight is 446 g/mol. The number of fused-ring (bicyclic) bond motifs is 1. The van der Waals surface area contributed by atoms with Crippen LogP contribution in [-0.4, -0.2) is 22.7 Å². The van der Waals surface area contributed by atoms with E-state index in [2.05, 4.69) is 87.4 Å². The van der Waals surface area contributed by atoms with Crippen molar-refractivity contribution < 1.29 is 0 Å². The summed E-state index contributed by atoms with van der Waals surface area (Å²) >= 11 is 2.67. The molecule has 4 rings (SSSR count). The van der Waals surface area contributed by atoms with Gasteiger partial charge in [-0.1, -0.05) is 65.1 Å². The molecule has 0 radical (unpaired) electrons. The van der Waals surface area contributed by atoms with Crippen molar-refractivity contribution in [2.45, 2.75) is 48.1 Å². The predicted octanol–water partition coefficient (Wildman–Crippen LogP) is 4.96. The lowest BCUT2D eigenvalue weighted by atomic mass is 10.0. The maximum Gasteiger partial charge on any atom is 0.0722 e. The van der Waals surface area contributed by atoms with E-state index in [1.165, 1.54) is 61.9 Å². The third-order valence-electron chi connectivity index (χ3n) is 5.75. The smallest absolute Gasteiger partial charge is 0.0722 e. The molecule has 3 heteroatoms. The molecule has 1 aliphatic carbocycles. The van der Waals surface area contributed by atoms with E-state index in [1.54, 1.807) is 0 Å². The Bertz CT molecular complexity index is 669. The lowest BCUT2D eigenvalue weighted by Crippen LogP contribution is -2.47. The molecule has 1 saturated heterocycles. The summed E-state index contributed by atoms with van der Waals surface area (Å²) < 4.78 is 0.272. The fraction of sp³-hybridized carbons (Fsp3) is 0.455. The fourth-order valence-electron chi connectivity index (χ4n) is 4.34. The van der Waals surface area contributed by atoms with Gasteiger partial charge in [0.05, 0.1) is 3.55 Å². The van der Waals surface area contributed by atoms with Gasteiger partial charge >= 0.3 is 0 Å². The first-order valence-corrected chi connectivity index (χ1v) is 10.6. The van der Waals surface area contributed by atoms with Gasteiger partial charge in [-0.05, 0) is 68.3 Å². The van der Waals surface area contributed by atoms with Crippen molar-refractivity contribution >= 4 is 28.3 Å². The summed E-state index contributed by atoms with van der Waals surface area (Å²) in [7, 11) is 0. The number of para-hydroxylation sites is 1. The van der Waals surface area contributed by atoms with E-state index < -0.39 is 0 Å².